The lowest BCUT2D eigenvalue weighted by atomic mass is 9.84. The molecule has 0 aromatic heterocycles. The molecule has 19 heavy (non-hydrogen) atoms. The van der Waals surface area contributed by atoms with E-state index < -0.39 is 5.60 Å². The maximum Gasteiger partial charge on any atom is 0.410 e. The largest absolute Gasteiger partial charge is 0.444 e. The van der Waals surface area contributed by atoms with Crippen molar-refractivity contribution in [1.29, 1.82) is 0 Å². The van der Waals surface area contributed by atoms with E-state index in [-0.39, 0.29) is 17.9 Å². The predicted molar refractivity (Wildman–Crippen MR) is 71.7 cm³/mol. The summed E-state index contributed by atoms with van der Waals surface area (Å²) >= 11 is 0. The summed E-state index contributed by atoms with van der Waals surface area (Å²) in [5.41, 5.74) is -0.462. The lowest BCUT2D eigenvalue weighted by molar-refractivity contribution is -0.139. The van der Waals surface area contributed by atoms with Gasteiger partial charge in [0.25, 0.3) is 0 Å². The summed E-state index contributed by atoms with van der Waals surface area (Å²) in [5.74, 6) is 0.517. The van der Waals surface area contributed by atoms with E-state index in [2.05, 4.69) is 0 Å². The SMILES string of the molecule is CC(C)(C)OC(=O)N1CCN(C(=O)C2CCC2)CC1. The molecule has 1 aliphatic carbocycles. The first kappa shape index (κ1) is 14.2. The second-order valence-electron chi connectivity index (χ2n) is 6.42. The van der Waals surface area contributed by atoms with Crippen molar-refractivity contribution in [3.05, 3.63) is 0 Å². The van der Waals surface area contributed by atoms with Crippen LogP contribution in [0.1, 0.15) is 40.0 Å². The summed E-state index contributed by atoms with van der Waals surface area (Å²) < 4.78 is 5.34. The first-order valence-electron chi connectivity index (χ1n) is 7.13. The van der Waals surface area contributed by atoms with Crippen LogP contribution < -0.4 is 0 Å². The molecule has 1 aliphatic heterocycles. The average Bonchev–Trinajstić information content (AvgIpc) is 2.24. The van der Waals surface area contributed by atoms with Gasteiger partial charge >= 0.3 is 6.09 Å². The van der Waals surface area contributed by atoms with Gasteiger partial charge in [0.2, 0.25) is 5.91 Å². The Hall–Kier alpha value is -1.26. The van der Waals surface area contributed by atoms with Gasteiger partial charge in [-0.25, -0.2) is 4.79 Å². The van der Waals surface area contributed by atoms with Crippen molar-refractivity contribution >= 4 is 12.0 Å². The van der Waals surface area contributed by atoms with Gasteiger partial charge in [-0.05, 0) is 33.6 Å². The summed E-state index contributed by atoms with van der Waals surface area (Å²) in [6.45, 7) is 8.01. The normalized spacial score (nSPS) is 21.0. The maximum atomic E-state index is 12.1. The Balaban J connectivity index is 1.78. The molecule has 0 spiro atoms. The Bertz CT molecular complexity index is 350. The summed E-state index contributed by atoms with van der Waals surface area (Å²) in [4.78, 5) is 27.6. The van der Waals surface area contributed by atoms with Gasteiger partial charge in [0.15, 0.2) is 0 Å². The number of carbonyl (C=O) groups excluding carboxylic acids is 2. The molecule has 0 unspecified atom stereocenters. The third-order valence-electron chi connectivity index (χ3n) is 3.70. The van der Waals surface area contributed by atoms with E-state index in [9.17, 15) is 9.59 Å². The summed E-state index contributed by atoms with van der Waals surface area (Å²) in [6.07, 6.45) is 2.97. The van der Waals surface area contributed by atoms with Gasteiger partial charge in [-0.15, -0.1) is 0 Å². The van der Waals surface area contributed by atoms with E-state index in [1.54, 1.807) is 4.90 Å². The molecular weight excluding hydrogens is 244 g/mol. The number of hydrogen-bond donors (Lipinski definition) is 0. The number of amides is 2. The second-order valence-corrected chi connectivity index (χ2v) is 6.42. The Morgan fingerprint density at radius 3 is 1.95 bits per heavy atom. The first-order valence-corrected chi connectivity index (χ1v) is 7.13. The monoisotopic (exact) mass is 268 g/mol. The zero-order chi connectivity index (χ0) is 14.0. The minimum absolute atomic E-state index is 0.244. The zero-order valence-electron chi connectivity index (χ0n) is 12.1. The number of hydrogen-bond acceptors (Lipinski definition) is 3. The Morgan fingerprint density at radius 1 is 1.00 bits per heavy atom. The number of rotatable bonds is 1. The third kappa shape index (κ3) is 3.61. The first-order chi connectivity index (χ1) is 8.87. The van der Waals surface area contributed by atoms with Crippen LogP contribution in [0.2, 0.25) is 0 Å². The number of nitrogens with zero attached hydrogens (tertiary/aromatic N) is 2. The molecule has 5 nitrogen and oxygen atoms in total. The molecule has 2 amide bonds. The molecule has 5 heteroatoms. The van der Waals surface area contributed by atoms with Crippen molar-refractivity contribution in [2.75, 3.05) is 26.2 Å². The lowest BCUT2D eigenvalue weighted by Crippen LogP contribution is -2.53. The zero-order valence-corrected chi connectivity index (χ0v) is 12.1. The quantitative estimate of drug-likeness (QED) is 0.729. The molecule has 0 aromatic rings. The maximum absolute atomic E-state index is 12.1. The standard InChI is InChI=1S/C14H24N2O3/c1-14(2,3)19-13(18)16-9-7-15(8-10-16)12(17)11-5-4-6-11/h11H,4-10H2,1-3H3. The molecule has 0 aromatic carbocycles. The topological polar surface area (TPSA) is 49.9 Å². The van der Waals surface area contributed by atoms with Crippen molar-refractivity contribution in [1.82, 2.24) is 9.80 Å². The van der Waals surface area contributed by atoms with Crippen molar-refractivity contribution in [3.8, 4) is 0 Å². The molecule has 0 atom stereocenters. The van der Waals surface area contributed by atoms with Crippen molar-refractivity contribution in [2.45, 2.75) is 45.6 Å². The highest BCUT2D eigenvalue weighted by molar-refractivity contribution is 5.80. The summed E-state index contributed by atoms with van der Waals surface area (Å²) in [7, 11) is 0. The van der Waals surface area contributed by atoms with Crippen LogP contribution in [-0.2, 0) is 9.53 Å². The van der Waals surface area contributed by atoms with E-state index in [1.165, 1.54) is 6.42 Å². The summed E-state index contributed by atoms with van der Waals surface area (Å²) in [5, 5.41) is 0. The summed E-state index contributed by atoms with van der Waals surface area (Å²) in [6, 6.07) is 0. The van der Waals surface area contributed by atoms with Crippen LogP contribution in [0, 0.1) is 5.92 Å². The van der Waals surface area contributed by atoms with Crippen LogP contribution >= 0.6 is 0 Å². The Kier molecular flexibility index (Phi) is 4.02. The fourth-order valence-electron chi connectivity index (χ4n) is 2.35. The molecule has 2 rings (SSSR count). The minimum Gasteiger partial charge on any atom is -0.444 e. The Labute approximate surface area is 114 Å². The minimum atomic E-state index is -0.462. The van der Waals surface area contributed by atoms with Crippen molar-refractivity contribution in [2.24, 2.45) is 5.92 Å². The van der Waals surface area contributed by atoms with Gasteiger partial charge in [0, 0.05) is 32.1 Å². The highest BCUT2D eigenvalue weighted by atomic mass is 16.6. The molecule has 0 radical (unpaired) electrons. The van der Waals surface area contributed by atoms with E-state index >= 15 is 0 Å². The predicted octanol–water partition coefficient (Wildman–Crippen LogP) is 1.87. The lowest BCUT2D eigenvalue weighted by Gasteiger charge is -2.38. The highest BCUT2D eigenvalue weighted by Crippen LogP contribution is 2.28. The van der Waals surface area contributed by atoms with Crippen LogP contribution in [0.3, 0.4) is 0 Å². The van der Waals surface area contributed by atoms with Crippen molar-refractivity contribution < 1.29 is 14.3 Å². The molecule has 1 heterocycles. The molecular formula is C14H24N2O3. The van der Waals surface area contributed by atoms with Crippen LogP contribution in [-0.4, -0.2) is 53.6 Å². The van der Waals surface area contributed by atoms with Gasteiger partial charge in [-0.3, -0.25) is 4.79 Å². The fourth-order valence-corrected chi connectivity index (χ4v) is 2.35. The van der Waals surface area contributed by atoms with Crippen LogP contribution in [0.5, 0.6) is 0 Å². The van der Waals surface area contributed by atoms with E-state index in [1.807, 2.05) is 25.7 Å². The van der Waals surface area contributed by atoms with E-state index in [0.29, 0.717) is 26.2 Å². The van der Waals surface area contributed by atoms with Gasteiger partial charge in [0.1, 0.15) is 5.60 Å². The van der Waals surface area contributed by atoms with Crippen LogP contribution in [0.15, 0.2) is 0 Å². The molecule has 1 saturated heterocycles. The van der Waals surface area contributed by atoms with E-state index in [0.717, 1.165) is 12.8 Å². The van der Waals surface area contributed by atoms with Gasteiger partial charge < -0.3 is 14.5 Å². The smallest absolute Gasteiger partial charge is 0.410 e. The molecule has 2 fully saturated rings. The number of piperazine rings is 1. The highest BCUT2D eigenvalue weighted by Gasteiger charge is 2.32. The Morgan fingerprint density at radius 2 is 1.53 bits per heavy atom. The molecule has 0 N–H and O–H groups in total. The molecule has 0 bridgehead atoms. The number of ether oxygens (including phenoxy) is 1. The molecule has 108 valence electrons. The average molecular weight is 268 g/mol. The third-order valence-corrected chi connectivity index (χ3v) is 3.70. The van der Waals surface area contributed by atoms with Gasteiger partial charge in [-0.2, -0.15) is 0 Å². The van der Waals surface area contributed by atoms with Crippen LogP contribution in [0.25, 0.3) is 0 Å². The van der Waals surface area contributed by atoms with Gasteiger partial charge in [0.05, 0.1) is 0 Å². The second kappa shape index (κ2) is 5.39. The molecule has 2 aliphatic rings. The van der Waals surface area contributed by atoms with E-state index in [4.69, 9.17) is 4.74 Å². The van der Waals surface area contributed by atoms with Crippen molar-refractivity contribution in [3.63, 3.8) is 0 Å². The van der Waals surface area contributed by atoms with Crippen LogP contribution in [0.4, 0.5) is 4.79 Å². The fraction of sp³-hybridized carbons (Fsp3) is 0.857. The molecule has 1 saturated carbocycles. The number of carbonyl (C=O) groups is 2. The van der Waals surface area contributed by atoms with Gasteiger partial charge in [-0.1, -0.05) is 6.42 Å².